The Labute approximate surface area is 218 Å². The SMILES string of the molecule is Fc1cccc(-c2cccc3[nH]c(-c4n[nH]c5ccc(-c6cncc(OC7CCCCC7)c6)nc45)cc23)c1. The van der Waals surface area contributed by atoms with Crippen LogP contribution in [-0.4, -0.2) is 31.3 Å². The highest BCUT2D eigenvalue weighted by atomic mass is 19.1. The van der Waals surface area contributed by atoms with E-state index in [1.54, 1.807) is 18.3 Å². The van der Waals surface area contributed by atoms with Gasteiger partial charge in [-0.3, -0.25) is 10.1 Å². The molecule has 2 aromatic carbocycles. The van der Waals surface area contributed by atoms with E-state index in [2.05, 4.69) is 26.2 Å². The van der Waals surface area contributed by atoms with E-state index in [9.17, 15) is 4.39 Å². The molecule has 1 saturated carbocycles. The third kappa shape index (κ3) is 4.20. The molecule has 38 heavy (non-hydrogen) atoms. The van der Waals surface area contributed by atoms with Crippen LogP contribution < -0.4 is 4.74 Å². The number of aromatic amines is 2. The highest BCUT2D eigenvalue weighted by Crippen LogP contribution is 2.35. The van der Waals surface area contributed by atoms with E-state index in [0.29, 0.717) is 0 Å². The van der Waals surface area contributed by atoms with Crippen molar-refractivity contribution >= 4 is 21.9 Å². The predicted molar refractivity (Wildman–Crippen MR) is 147 cm³/mol. The van der Waals surface area contributed by atoms with Crippen LogP contribution in [0.2, 0.25) is 0 Å². The van der Waals surface area contributed by atoms with Crippen molar-refractivity contribution in [1.29, 1.82) is 0 Å². The third-order valence-corrected chi connectivity index (χ3v) is 7.33. The standard InChI is InChI=1S/C31H26FN5O/c32-21-7-4-6-19(14-21)24-10-5-11-27-25(24)16-29(34-27)31-30-28(36-37-31)13-12-26(35-30)20-15-23(18-33-17-20)38-22-8-2-1-3-9-22/h4-7,10-18,22,34H,1-3,8-9H2,(H,36,37). The first-order valence-electron chi connectivity index (χ1n) is 13.1. The van der Waals surface area contributed by atoms with Crippen LogP contribution in [0.25, 0.3) is 55.7 Å². The van der Waals surface area contributed by atoms with Gasteiger partial charge in [-0.05, 0) is 79.3 Å². The number of rotatable bonds is 5. The van der Waals surface area contributed by atoms with E-state index >= 15 is 0 Å². The molecule has 4 heterocycles. The summed E-state index contributed by atoms with van der Waals surface area (Å²) in [5.74, 6) is 0.525. The first-order chi connectivity index (χ1) is 18.7. The summed E-state index contributed by atoms with van der Waals surface area (Å²) in [5, 5.41) is 8.69. The quantitative estimate of drug-likeness (QED) is 0.253. The lowest BCUT2D eigenvalue weighted by Crippen LogP contribution is -2.19. The molecule has 1 aliphatic rings. The van der Waals surface area contributed by atoms with Gasteiger partial charge in [0.05, 0.1) is 29.2 Å². The molecule has 0 bridgehead atoms. The lowest BCUT2D eigenvalue weighted by atomic mass is 9.98. The van der Waals surface area contributed by atoms with Crippen molar-refractivity contribution in [1.82, 2.24) is 25.1 Å². The zero-order valence-electron chi connectivity index (χ0n) is 20.7. The molecule has 6 nitrogen and oxygen atoms in total. The largest absolute Gasteiger partial charge is 0.489 e. The topological polar surface area (TPSA) is 79.5 Å². The normalized spacial score (nSPS) is 14.3. The van der Waals surface area contributed by atoms with Crippen LogP contribution in [0.4, 0.5) is 4.39 Å². The van der Waals surface area contributed by atoms with Crippen molar-refractivity contribution in [2.24, 2.45) is 0 Å². The number of hydrogen-bond acceptors (Lipinski definition) is 4. The molecule has 1 fully saturated rings. The second kappa shape index (κ2) is 9.41. The van der Waals surface area contributed by atoms with E-state index < -0.39 is 0 Å². The van der Waals surface area contributed by atoms with Gasteiger partial charge in [-0.25, -0.2) is 9.37 Å². The van der Waals surface area contributed by atoms with Gasteiger partial charge in [0.2, 0.25) is 0 Å². The molecule has 0 aliphatic heterocycles. The Morgan fingerprint density at radius 3 is 2.63 bits per heavy atom. The van der Waals surface area contributed by atoms with Gasteiger partial charge in [-0.15, -0.1) is 0 Å². The average molecular weight is 504 g/mol. The van der Waals surface area contributed by atoms with Gasteiger partial charge in [-0.1, -0.05) is 30.7 Å². The van der Waals surface area contributed by atoms with E-state index in [4.69, 9.17) is 9.72 Å². The van der Waals surface area contributed by atoms with Crippen molar-refractivity contribution in [3.05, 3.63) is 84.9 Å². The Morgan fingerprint density at radius 1 is 0.842 bits per heavy atom. The summed E-state index contributed by atoms with van der Waals surface area (Å²) in [6.45, 7) is 0. The van der Waals surface area contributed by atoms with Gasteiger partial charge in [0.25, 0.3) is 0 Å². The zero-order chi connectivity index (χ0) is 25.5. The van der Waals surface area contributed by atoms with Gasteiger partial charge in [-0.2, -0.15) is 5.10 Å². The fraction of sp³-hybridized carbons (Fsp3) is 0.194. The lowest BCUT2D eigenvalue weighted by Gasteiger charge is -2.22. The summed E-state index contributed by atoms with van der Waals surface area (Å²) >= 11 is 0. The number of H-pyrrole nitrogens is 2. The number of hydrogen-bond donors (Lipinski definition) is 2. The van der Waals surface area contributed by atoms with Gasteiger partial charge >= 0.3 is 0 Å². The molecule has 0 radical (unpaired) electrons. The minimum absolute atomic E-state index is 0.256. The minimum Gasteiger partial charge on any atom is -0.489 e. The molecule has 6 aromatic rings. The number of benzene rings is 2. The number of aromatic nitrogens is 5. The summed E-state index contributed by atoms with van der Waals surface area (Å²) in [5.41, 5.74) is 7.62. The number of fused-ring (bicyclic) bond motifs is 2. The highest BCUT2D eigenvalue weighted by molar-refractivity contribution is 6.00. The van der Waals surface area contributed by atoms with Crippen LogP contribution in [0.15, 0.2) is 79.1 Å². The second-order valence-electron chi connectivity index (χ2n) is 9.91. The first kappa shape index (κ1) is 22.7. The Balaban J connectivity index is 1.26. The molecule has 0 spiro atoms. The molecule has 188 valence electrons. The van der Waals surface area contributed by atoms with Crippen molar-refractivity contribution in [2.45, 2.75) is 38.2 Å². The Hall–Kier alpha value is -4.52. The lowest BCUT2D eigenvalue weighted by molar-refractivity contribution is 0.154. The monoisotopic (exact) mass is 503 g/mol. The molecule has 0 amide bonds. The number of ether oxygens (including phenoxy) is 1. The maximum atomic E-state index is 13.9. The van der Waals surface area contributed by atoms with E-state index in [0.717, 1.165) is 74.3 Å². The molecule has 0 atom stereocenters. The van der Waals surface area contributed by atoms with E-state index in [-0.39, 0.29) is 11.9 Å². The molecule has 7 heteroatoms. The van der Waals surface area contributed by atoms with Crippen molar-refractivity contribution in [3.8, 4) is 39.5 Å². The van der Waals surface area contributed by atoms with Crippen LogP contribution in [0, 0.1) is 5.82 Å². The molecule has 0 unspecified atom stereocenters. The fourth-order valence-electron chi connectivity index (χ4n) is 5.44. The summed E-state index contributed by atoms with van der Waals surface area (Å²) in [4.78, 5) is 12.9. The van der Waals surface area contributed by atoms with Gasteiger partial charge in [0, 0.05) is 22.7 Å². The molecular formula is C31H26FN5O. The summed E-state index contributed by atoms with van der Waals surface area (Å²) in [6, 6.07) is 20.7. The second-order valence-corrected chi connectivity index (χ2v) is 9.91. The van der Waals surface area contributed by atoms with Crippen LogP contribution in [0.3, 0.4) is 0 Å². The molecule has 4 aromatic heterocycles. The Kier molecular flexibility index (Phi) is 5.61. The summed E-state index contributed by atoms with van der Waals surface area (Å²) in [7, 11) is 0. The molecular weight excluding hydrogens is 477 g/mol. The molecule has 2 N–H and O–H groups in total. The average Bonchev–Trinajstić information content (AvgIpc) is 3.57. The smallest absolute Gasteiger partial charge is 0.138 e. The zero-order valence-corrected chi connectivity index (χ0v) is 20.7. The third-order valence-electron chi connectivity index (χ3n) is 7.33. The van der Waals surface area contributed by atoms with Crippen LogP contribution in [0.1, 0.15) is 32.1 Å². The maximum Gasteiger partial charge on any atom is 0.138 e. The highest BCUT2D eigenvalue weighted by Gasteiger charge is 2.17. The van der Waals surface area contributed by atoms with Gasteiger partial charge in [0.1, 0.15) is 22.8 Å². The van der Waals surface area contributed by atoms with Crippen molar-refractivity contribution in [2.75, 3.05) is 0 Å². The molecule has 1 aliphatic carbocycles. The van der Waals surface area contributed by atoms with Crippen molar-refractivity contribution in [3.63, 3.8) is 0 Å². The number of halogens is 1. The Bertz CT molecular complexity index is 1770. The van der Waals surface area contributed by atoms with E-state index in [1.165, 1.54) is 25.3 Å². The van der Waals surface area contributed by atoms with Crippen LogP contribution in [0.5, 0.6) is 5.75 Å². The van der Waals surface area contributed by atoms with E-state index in [1.807, 2.05) is 48.7 Å². The van der Waals surface area contributed by atoms with Gasteiger partial charge < -0.3 is 9.72 Å². The summed E-state index contributed by atoms with van der Waals surface area (Å²) < 4.78 is 20.2. The maximum absolute atomic E-state index is 13.9. The minimum atomic E-state index is -0.256. The van der Waals surface area contributed by atoms with Crippen LogP contribution >= 0.6 is 0 Å². The van der Waals surface area contributed by atoms with Gasteiger partial charge in [0.15, 0.2) is 0 Å². The number of nitrogens with zero attached hydrogens (tertiary/aromatic N) is 3. The van der Waals surface area contributed by atoms with Crippen LogP contribution in [-0.2, 0) is 0 Å². The molecule has 0 saturated heterocycles. The fourth-order valence-corrected chi connectivity index (χ4v) is 5.44. The first-order valence-corrected chi connectivity index (χ1v) is 13.1. The van der Waals surface area contributed by atoms with Crippen molar-refractivity contribution < 1.29 is 9.13 Å². The number of pyridine rings is 2. The summed E-state index contributed by atoms with van der Waals surface area (Å²) in [6.07, 6.45) is 9.77. The number of nitrogens with one attached hydrogen (secondary N) is 2. The Morgan fingerprint density at radius 2 is 1.74 bits per heavy atom. The predicted octanol–water partition coefficient (Wildman–Crippen LogP) is 7.69. The molecule has 7 rings (SSSR count).